The molecule has 0 spiro atoms. The number of sulfone groups is 1. The van der Waals surface area contributed by atoms with Gasteiger partial charge in [-0.1, -0.05) is 6.92 Å². The maximum Gasteiger partial charge on any atom is 0.307 e. The summed E-state index contributed by atoms with van der Waals surface area (Å²) in [4.78, 5) is 11.0. The Hall–Kier alpha value is -0.580. The van der Waals surface area contributed by atoms with Gasteiger partial charge in [0.1, 0.15) is 0 Å². The van der Waals surface area contributed by atoms with Crippen LogP contribution in [-0.4, -0.2) is 25.6 Å². The van der Waals surface area contributed by atoms with Gasteiger partial charge in [-0.25, -0.2) is 8.42 Å². The molecule has 0 N–H and O–H groups in total. The lowest BCUT2D eigenvalue weighted by Gasteiger charge is -2.10. The Labute approximate surface area is 78.2 Å². The van der Waals surface area contributed by atoms with Crippen LogP contribution in [0, 0.1) is 0 Å². The molecule has 0 bridgehead atoms. The van der Waals surface area contributed by atoms with E-state index in [0.717, 1.165) is 0 Å². The lowest BCUT2D eigenvalue weighted by Crippen LogP contribution is -2.23. The maximum absolute atomic E-state index is 11.2. The van der Waals surface area contributed by atoms with Gasteiger partial charge in [-0.15, -0.1) is 0 Å². The third kappa shape index (κ3) is 2.69. The summed E-state index contributed by atoms with van der Waals surface area (Å²) in [6.07, 6.45) is 2.04. The number of rotatable bonds is 3. The summed E-state index contributed by atoms with van der Waals surface area (Å²) in [5.41, 5.74) is -0.869. The molecule has 76 valence electrons. The van der Waals surface area contributed by atoms with E-state index in [9.17, 15) is 13.2 Å². The van der Waals surface area contributed by atoms with Gasteiger partial charge in [0.05, 0.1) is 5.75 Å². The number of ether oxygens (including phenoxy) is 1. The Morgan fingerprint density at radius 2 is 2.23 bits per heavy atom. The zero-order valence-electron chi connectivity index (χ0n) is 7.65. The minimum Gasteiger partial charge on any atom is -0.446 e. The van der Waals surface area contributed by atoms with Crippen LogP contribution in [0.2, 0.25) is 0 Å². The van der Waals surface area contributed by atoms with E-state index in [2.05, 4.69) is 0 Å². The Bertz CT molecular complexity index is 281. The van der Waals surface area contributed by atoms with E-state index in [4.69, 9.17) is 4.74 Å². The minimum absolute atomic E-state index is 0.150. The molecule has 1 atom stereocenters. The van der Waals surface area contributed by atoms with Crippen LogP contribution in [0.25, 0.3) is 0 Å². The molecule has 0 radical (unpaired) electrons. The molecule has 1 aliphatic rings. The van der Waals surface area contributed by atoms with Crippen LogP contribution in [0.4, 0.5) is 0 Å². The lowest BCUT2D eigenvalue weighted by molar-refractivity contribution is -0.145. The highest BCUT2D eigenvalue weighted by molar-refractivity contribution is 7.92. The van der Waals surface area contributed by atoms with Crippen molar-refractivity contribution in [3.05, 3.63) is 0 Å². The molecular weight excluding hydrogens is 192 g/mol. The average molecular weight is 206 g/mol. The van der Waals surface area contributed by atoms with Crippen LogP contribution in [0.5, 0.6) is 0 Å². The zero-order chi connectivity index (χ0) is 9.90. The fourth-order valence-corrected chi connectivity index (χ4v) is 2.92. The van der Waals surface area contributed by atoms with Crippen LogP contribution in [-0.2, 0) is 19.4 Å². The SMILES string of the molecule is CCCC(=O)OC1CCCS1(=O)=O. The van der Waals surface area contributed by atoms with Gasteiger partial charge in [-0.2, -0.15) is 0 Å². The van der Waals surface area contributed by atoms with Crippen LogP contribution in [0.15, 0.2) is 0 Å². The molecule has 5 heteroatoms. The fourth-order valence-electron chi connectivity index (χ4n) is 1.30. The Morgan fingerprint density at radius 1 is 1.54 bits per heavy atom. The molecule has 0 saturated carbocycles. The maximum atomic E-state index is 11.2. The van der Waals surface area contributed by atoms with Crippen molar-refractivity contribution < 1.29 is 17.9 Å². The van der Waals surface area contributed by atoms with Crippen molar-refractivity contribution in [2.24, 2.45) is 0 Å². The molecule has 0 aromatic heterocycles. The summed E-state index contributed by atoms with van der Waals surface area (Å²) in [5.74, 6) is -0.255. The number of carbonyl (C=O) groups excluding carboxylic acids is 1. The van der Waals surface area contributed by atoms with E-state index in [-0.39, 0.29) is 5.75 Å². The Morgan fingerprint density at radius 3 is 2.69 bits per heavy atom. The molecule has 1 saturated heterocycles. The fraction of sp³-hybridized carbons (Fsp3) is 0.875. The summed E-state index contributed by atoms with van der Waals surface area (Å²) in [6.45, 7) is 1.85. The van der Waals surface area contributed by atoms with Crippen LogP contribution >= 0.6 is 0 Å². The molecule has 1 aliphatic heterocycles. The molecule has 4 nitrogen and oxygen atoms in total. The number of carbonyl (C=O) groups is 1. The Kier molecular flexibility index (Phi) is 3.30. The second-order valence-corrected chi connectivity index (χ2v) is 5.44. The van der Waals surface area contributed by atoms with E-state index in [1.807, 2.05) is 6.92 Å². The summed E-state index contributed by atoms with van der Waals surface area (Å²) >= 11 is 0. The van der Waals surface area contributed by atoms with Crippen LogP contribution in [0.1, 0.15) is 32.6 Å². The largest absolute Gasteiger partial charge is 0.446 e. The first-order valence-electron chi connectivity index (χ1n) is 4.47. The van der Waals surface area contributed by atoms with Crippen molar-refractivity contribution in [2.75, 3.05) is 5.75 Å². The molecule has 0 aromatic carbocycles. The molecule has 1 fully saturated rings. The smallest absolute Gasteiger partial charge is 0.307 e. The van der Waals surface area contributed by atoms with E-state index in [1.54, 1.807) is 0 Å². The third-order valence-electron chi connectivity index (χ3n) is 1.99. The molecule has 0 aliphatic carbocycles. The number of hydrogen-bond donors (Lipinski definition) is 0. The topological polar surface area (TPSA) is 60.4 Å². The first kappa shape index (κ1) is 10.5. The van der Waals surface area contributed by atoms with Crippen LogP contribution in [0.3, 0.4) is 0 Å². The number of esters is 1. The molecule has 13 heavy (non-hydrogen) atoms. The van der Waals surface area contributed by atoms with Crippen molar-refractivity contribution in [1.29, 1.82) is 0 Å². The predicted molar refractivity (Wildman–Crippen MR) is 47.8 cm³/mol. The van der Waals surface area contributed by atoms with Gasteiger partial charge in [0.25, 0.3) is 0 Å². The van der Waals surface area contributed by atoms with Gasteiger partial charge in [0.15, 0.2) is 9.84 Å². The molecule has 1 heterocycles. The first-order chi connectivity index (χ1) is 6.06. The van der Waals surface area contributed by atoms with Crippen molar-refractivity contribution in [2.45, 2.75) is 38.0 Å². The minimum atomic E-state index is -3.14. The second kappa shape index (κ2) is 4.09. The monoisotopic (exact) mass is 206 g/mol. The predicted octanol–water partition coefficient (Wildman–Crippen LogP) is 0.864. The molecule has 1 unspecified atom stereocenters. The first-order valence-corrected chi connectivity index (χ1v) is 6.19. The quantitative estimate of drug-likeness (QED) is 0.643. The third-order valence-corrected chi connectivity index (χ3v) is 3.98. The summed E-state index contributed by atoms with van der Waals surface area (Å²) < 4.78 is 27.3. The molecular formula is C8H14O4S. The summed E-state index contributed by atoms with van der Waals surface area (Å²) in [5, 5.41) is 0. The standard InChI is InChI=1S/C8H14O4S/c1-2-4-7(9)12-8-5-3-6-13(8,10)11/h8H,2-6H2,1H3. The second-order valence-electron chi connectivity index (χ2n) is 3.18. The number of hydrogen-bond acceptors (Lipinski definition) is 4. The van der Waals surface area contributed by atoms with Gasteiger partial charge >= 0.3 is 5.97 Å². The average Bonchev–Trinajstić information content (AvgIpc) is 2.31. The summed E-state index contributed by atoms with van der Waals surface area (Å²) in [6, 6.07) is 0. The van der Waals surface area contributed by atoms with Crippen molar-refractivity contribution in [1.82, 2.24) is 0 Å². The highest BCUT2D eigenvalue weighted by Crippen LogP contribution is 2.21. The van der Waals surface area contributed by atoms with E-state index in [1.165, 1.54) is 0 Å². The van der Waals surface area contributed by atoms with Crippen molar-refractivity contribution in [3.8, 4) is 0 Å². The summed E-state index contributed by atoms with van der Waals surface area (Å²) in [7, 11) is -3.14. The van der Waals surface area contributed by atoms with Gasteiger partial charge in [0.2, 0.25) is 5.44 Å². The molecule has 1 rings (SSSR count). The van der Waals surface area contributed by atoms with Crippen LogP contribution < -0.4 is 0 Å². The van der Waals surface area contributed by atoms with E-state index in [0.29, 0.717) is 25.7 Å². The van der Waals surface area contributed by atoms with Gasteiger partial charge in [0, 0.05) is 6.42 Å². The molecule has 0 amide bonds. The Balaban J connectivity index is 2.50. The van der Waals surface area contributed by atoms with Gasteiger partial charge in [-0.05, 0) is 19.3 Å². The highest BCUT2D eigenvalue weighted by atomic mass is 32.2. The molecule has 0 aromatic rings. The normalized spacial score (nSPS) is 25.8. The van der Waals surface area contributed by atoms with E-state index >= 15 is 0 Å². The highest BCUT2D eigenvalue weighted by Gasteiger charge is 2.34. The van der Waals surface area contributed by atoms with Crippen molar-refractivity contribution >= 4 is 15.8 Å². The van der Waals surface area contributed by atoms with Gasteiger partial charge < -0.3 is 4.74 Å². The lowest BCUT2D eigenvalue weighted by atomic mass is 10.3. The van der Waals surface area contributed by atoms with E-state index < -0.39 is 21.2 Å². The van der Waals surface area contributed by atoms with Gasteiger partial charge in [-0.3, -0.25) is 4.79 Å². The zero-order valence-corrected chi connectivity index (χ0v) is 8.47. The van der Waals surface area contributed by atoms with Crippen molar-refractivity contribution in [3.63, 3.8) is 0 Å².